The van der Waals surface area contributed by atoms with Gasteiger partial charge in [-0.25, -0.2) is 22.9 Å². The molecule has 1 heterocycles. The van der Waals surface area contributed by atoms with E-state index in [1.165, 1.54) is 12.3 Å². The van der Waals surface area contributed by atoms with E-state index in [4.69, 9.17) is 5.14 Å². The van der Waals surface area contributed by atoms with Crippen LogP contribution >= 0.6 is 15.9 Å². The highest BCUT2D eigenvalue weighted by atomic mass is 79.9. The predicted molar refractivity (Wildman–Crippen MR) is 77.7 cm³/mol. The molecule has 2 aromatic rings. The molecule has 2 rings (SSSR count). The van der Waals surface area contributed by atoms with Crippen molar-refractivity contribution in [2.75, 3.05) is 5.32 Å². The third kappa shape index (κ3) is 3.63. The first-order valence-corrected chi connectivity index (χ1v) is 7.87. The number of halogens is 2. The van der Waals surface area contributed by atoms with Crippen LogP contribution in [0, 0.1) is 5.82 Å². The molecule has 0 saturated heterocycles. The molecule has 0 atom stereocenters. The first-order valence-electron chi connectivity index (χ1n) is 5.53. The quantitative estimate of drug-likeness (QED) is 0.857. The summed E-state index contributed by atoms with van der Waals surface area (Å²) >= 11 is 3.17. The maximum atomic E-state index is 13.6. The third-order valence-corrected chi connectivity index (χ3v) is 4.05. The first kappa shape index (κ1) is 15.5. The molecule has 0 bridgehead atoms. The van der Waals surface area contributed by atoms with Crippen molar-refractivity contribution in [1.29, 1.82) is 0 Å². The van der Waals surface area contributed by atoms with Crippen molar-refractivity contribution in [2.24, 2.45) is 5.14 Å². The fourth-order valence-electron chi connectivity index (χ4n) is 1.55. The number of pyridine rings is 1. The molecular weight excluding hydrogens is 365 g/mol. The lowest BCUT2D eigenvalue weighted by Gasteiger charge is -2.07. The van der Waals surface area contributed by atoms with Gasteiger partial charge in [0.25, 0.3) is 5.91 Å². The number of anilines is 1. The first-order chi connectivity index (χ1) is 9.79. The lowest BCUT2D eigenvalue weighted by atomic mass is 10.3. The summed E-state index contributed by atoms with van der Waals surface area (Å²) in [6, 6.07) is 6.35. The van der Waals surface area contributed by atoms with Gasteiger partial charge in [-0.05, 0) is 46.3 Å². The predicted octanol–water partition coefficient (Wildman–Crippen LogP) is 1.88. The zero-order valence-electron chi connectivity index (χ0n) is 10.4. The van der Waals surface area contributed by atoms with E-state index >= 15 is 0 Å². The summed E-state index contributed by atoms with van der Waals surface area (Å²) in [4.78, 5) is 15.2. The van der Waals surface area contributed by atoms with Crippen LogP contribution in [0.4, 0.5) is 10.1 Å². The molecule has 0 aliphatic heterocycles. The molecule has 6 nitrogen and oxygen atoms in total. The van der Waals surface area contributed by atoms with Gasteiger partial charge in [0, 0.05) is 16.4 Å². The number of nitrogens with zero attached hydrogens (tertiary/aromatic N) is 1. The fourth-order valence-corrected chi connectivity index (χ4v) is 2.58. The molecule has 0 saturated carbocycles. The lowest BCUT2D eigenvalue weighted by Crippen LogP contribution is -2.16. The van der Waals surface area contributed by atoms with Crippen LogP contribution in [0.3, 0.4) is 0 Å². The number of rotatable bonds is 3. The Hall–Kier alpha value is -1.84. The minimum absolute atomic E-state index is 0.0856. The number of nitrogens with one attached hydrogen (secondary N) is 1. The van der Waals surface area contributed by atoms with E-state index in [9.17, 15) is 17.6 Å². The number of hydrogen-bond acceptors (Lipinski definition) is 4. The number of nitrogens with two attached hydrogens (primary N) is 1. The van der Waals surface area contributed by atoms with Crippen LogP contribution in [0.2, 0.25) is 0 Å². The topological polar surface area (TPSA) is 102 Å². The normalized spacial score (nSPS) is 11.2. The molecule has 0 fully saturated rings. The fraction of sp³-hybridized carbons (Fsp3) is 0. The largest absolute Gasteiger partial charge is 0.321 e. The molecule has 3 N–H and O–H groups in total. The average Bonchev–Trinajstić information content (AvgIpc) is 2.37. The lowest BCUT2D eigenvalue weighted by molar-refractivity contribution is 0.102. The van der Waals surface area contributed by atoms with Crippen molar-refractivity contribution >= 4 is 37.5 Å². The smallest absolute Gasteiger partial charge is 0.275 e. The van der Waals surface area contributed by atoms with Gasteiger partial charge in [0.15, 0.2) is 0 Å². The van der Waals surface area contributed by atoms with Crippen LogP contribution in [0.1, 0.15) is 10.5 Å². The highest BCUT2D eigenvalue weighted by molar-refractivity contribution is 9.10. The monoisotopic (exact) mass is 373 g/mol. The molecule has 0 unspecified atom stereocenters. The molecule has 0 aliphatic rings. The van der Waals surface area contributed by atoms with Crippen molar-refractivity contribution in [3.8, 4) is 0 Å². The second-order valence-corrected chi connectivity index (χ2v) is 6.36. The molecule has 1 aromatic heterocycles. The number of primary sulfonamides is 1. The summed E-state index contributed by atoms with van der Waals surface area (Å²) < 4.78 is 36.3. The average molecular weight is 374 g/mol. The number of carbonyl (C=O) groups is 1. The van der Waals surface area contributed by atoms with Gasteiger partial charge >= 0.3 is 0 Å². The Bertz CT molecular complexity index is 811. The van der Waals surface area contributed by atoms with E-state index < -0.39 is 26.6 Å². The molecule has 1 aromatic carbocycles. The minimum atomic E-state index is -4.15. The Morgan fingerprint density at radius 1 is 1.33 bits per heavy atom. The maximum absolute atomic E-state index is 13.6. The molecular formula is C12H9BrFN3O3S. The summed E-state index contributed by atoms with van der Waals surface area (Å²) in [6.45, 7) is 0. The summed E-state index contributed by atoms with van der Waals surface area (Å²) in [5, 5.41) is 7.26. The van der Waals surface area contributed by atoms with Crippen LogP contribution in [0.5, 0.6) is 0 Å². The number of aromatic nitrogens is 1. The molecule has 21 heavy (non-hydrogen) atoms. The van der Waals surface area contributed by atoms with Crippen molar-refractivity contribution in [3.05, 3.63) is 52.5 Å². The number of benzene rings is 1. The van der Waals surface area contributed by atoms with Gasteiger partial charge in [-0.2, -0.15) is 0 Å². The van der Waals surface area contributed by atoms with Crippen LogP contribution in [-0.4, -0.2) is 19.3 Å². The molecule has 1 amide bonds. The SMILES string of the molecule is NS(=O)(=O)c1ccc(NC(=O)c2ncccc2Br)cc1F. The summed E-state index contributed by atoms with van der Waals surface area (Å²) in [5.74, 6) is -1.61. The minimum Gasteiger partial charge on any atom is -0.321 e. The zero-order valence-corrected chi connectivity index (χ0v) is 12.8. The van der Waals surface area contributed by atoms with Crippen LogP contribution in [-0.2, 0) is 10.0 Å². The van der Waals surface area contributed by atoms with E-state index in [1.54, 1.807) is 12.1 Å². The molecule has 0 aliphatic carbocycles. The van der Waals surface area contributed by atoms with Gasteiger partial charge < -0.3 is 5.32 Å². The molecule has 110 valence electrons. The van der Waals surface area contributed by atoms with Crippen LogP contribution in [0.25, 0.3) is 0 Å². The van der Waals surface area contributed by atoms with Crippen molar-refractivity contribution in [3.63, 3.8) is 0 Å². The van der Waals surface area contributed by atoms with E-state index in [2.05, 4.69) is 26.2 Å². The Morgan fingerprint density at radius 3 is 2.62 bits per heavy atom. The summed E-state index contributed by atoms with van der Waals surface area (Å²) in [6.07, 6.45) is 1.43. The van der Waals surface area contributed by atoms with Gasteiger partial charge in [-0.15, -0.1) is 0 Å². The highest BCUT2D eigenvalue weighted by Gasteiger charge is 2.16. The second-order valence-electron chi connectivity index (χ2n) is 3.98. The molecule has 0 radical (unpaired) electrons. The summed E-state index contributed by atoms with van der Waals surface area (Å²) in [5.41, 5.74) is 0.205. The zero-order chi connectivity index (χ0) is 15.6. The van der Waals surface area contributed by atoms with Gasteiger partial charge in [-0.3, -0.25) is 4.79 Å². The number of carbonyl (C=O) groups excluding carboxylic acids is 1. The third-order valence-electron chi connectivity index (χ3n) is 2.47. The Kier molecular flexibility index (Phi) is 4.35. The van der Waals surface area contributed by atoms with Crippen molar-refractivity contribution in [2.45, 2.75) is 4.90 Å². The van der Waals surface area contributed by atoms with Gasteiger partial charge in [-0.1, -0.05) is 0 Å². The Morgan fingerprint density at radius 2 is 2.05 bits per heavy atom. The van der Waals surface area contributed by atoms with Crippen LogP contribution < -0.4 is 10.5 Å². The standard InChI is InChI=1S/C12H9BrFN3O3S/c13-8-2-1-5-16-11(8)12(18)17-7-3-4-10(9(14)6-7)21(15,19)20/h1-6H,(H,17,18)(H2,15,19,20). The highest BCUT2D eigenvalue weighted by Crippen LogP contribution is 2.19. The second kappa shape index (κ2) is 5.88. The Balaban J connectivity index is 2.27. The van der Waals surface area contributed by atoms with E-state index in [0.717, 1.165) is 12.1 Å². The number of sulfonamides is 1. The molecule has 0 spiro atoms. The van der Waals surface area contributed by atoms with Crippen molar-refractivity contribution in [1.82, 2.24) is 4.98 Å². The van der Waals surface area contributed by atoms with E-state index in [-0.39, 0.29) is 11.4 Å². The summed E-state index contributed by atoms with van der Waals surface area (Å²) in [7, 11) is -4.15. The van der Waals surface area contributed by atoms with Gasteiger partial charge in [0.2, 0.25) is 10.0 Å². The molecule has 9 heteroatoms. The van der Waals surface area contributed by atoms with Crippen molar-refractivity contribution < 1.29 is 17.6 Å². The van der Waals surface area contributed by atoms with Gasteiger partial charge in [0.1, 0.15) is 16.4 Å². The maximum Gasteiger partial charge on any atom is 0.275 e. The number of amides is 1. The van der Waals surface area contributed by atoms with E-state index in [0.29, 0.717) is 4.47 Å². The number of hydrogen-bond donors (Lipinski definition) is 2. The Labute approximate surface area is 128 Å². The van der Waals surface area contributed by atoms with Crippen LogP contribution in [0.15, 0.2) is 45.9 Å². The van der Waals surface area contributed by atoms with E-state index in [1.807, 2.05) is 0 Å². The van der Waals surface area contributed by atoms with Gasteiger partial charge in [0.05, 0.1) is 0 Å².